The molecule has 0 saturated carbocycles. The topological polar surface area (TPSA) is 78.1 Å². The van der Waals surface area contributed by atoms with Crippen LogP contribution in [0.3, 0.4) is 0 Å². The van der Waals surface area contributed by atoms with Crippen LogP contribution in [-0.4, -0.2) is 39.9 Å². The number of nitrogens with one attached hydrogen (secondary N) is 2. The summed E-state index contributed by atoms with van der Waals surface area (Å²) in [6.45, 7) is 6.40. The largest absolute Gasteiger partial charge is 0.350 e. The number of nitrogens with zero attached hydrogens (tertiary/aromatic N) is 2. The Labute approximate surface area is 172 Å². The van der Waals surface area contributed by atoms with Crippen molar-refractivity contribution in [2.45, 2.75) is 32.9 Å². The molecule has 0 bridgehead atoms. The second kappa shape index (κ2) is 8.03. The number of carbonyl (C=O) groups is 1. The van der Waals surface area contributed by atoms with Gasteiger partial charge in [0.15, 0.2) is 0 Å². The SMILES string of the molecule is CN(CC(=O)NC(C)(C)C)Cc1nc2cc(-c3ccc(Cl)cc3)sc2c(=O)[nH]1. The minimum atomic E-state index is -0.280. The van der Waals surface area contributed by atoms with Gasteiger partial charge in [-0.15, -0.1) is 11.3 Å². The third-order valence-corrected chi connectivity index (χ3v) is 5.33. The zero-order valence-electron chi connectivity index (χ0n) is 16.3. The molecule has 2 N–H and O–H groups in total. The van der Waals surface area contributed by atoms with E-state index in [1.54, 1.807) is 0 Å². The summed E-state index contributed by atoms with van der Waals surface area (Å²) < 4.78 is 0.585. The lowest BCUT2D eigenvalue weighted by Gasteiger charge is -2.23. The molecule has 8 heteroatoms. The van der Waals surface area contributed by atoms with E-state index in [4.69, 9.17) is 11.6 Å². The first kappa shape index (κ1) is 20.5. The van der Waals surface area contributed by atoms with E-state index in [-0.39, 0.29) is 23.6 Å². The molecular formula is C20H23ClN4O2S. The van der Waals surface area contributed by atoms with E-state index in [0.29, 0.717) is 27.6 Å². The Morgan fingerprint density at radius 2 is 1.96 bits per heavy atom. The summed E-state index contributed by atoms with van der Waals surface area (Å²) in [5.41, 5.74) is 1.20. The number of hydrogen-bond donors (Lipinski definition) is 2. The number of halogens is 1. The van der Waals surface area contributed by atoms with Gasteiger partial charge in [0.05, 0.1) is 18.6 Å². The van der Waals surface area contributed by atoms with Crippen LogP contribution in [0.25, 0.3) is 20.7 Å². The fourth-order valence-corrected chi connectivity index (χ4v) is 3.96. The van der Waals surface area contributed by atoms with Gasteiger partial charge in [0.25, 0.3) is 5.56 Å². The summed E-state index contributed by atoms with van der Waals surface area (Å²) in [5.74, 6) is 0.461. The average Bonchev–Trinajstić information content (AvgIpc) is 2.98. The van der Waals surface area contributed by atoms with Crippen LogP contribution >= 0.6 is 22.9 Å². The van der Waals surface area contributed by atoms with Crippen molar-refractivity contribution in [2.75, 3.05) is 13.6 Å². The molecule has 6 nitrogen and oxygen atoms in total. The molecule has 0 spiro atoms. The van der Waals surface area contributed by atoms with E-state index < -0.39 is 0 Å². The van der Waals surface area contributed by atoms with Crippen LogP contribution < -0.4 is 10.9 Å². The Bertz CT molecular complexity index is 1050. The number of fused-ring (bicyclic) bond motifs is 1. The number of H-pyrrole nitrogens is 1. The highest BCUT2D eigenvalue weighted by Gasteiger charge is 2.16. The predicted molar refractivity (Wildman–Crippen MR) is 115 cm³/mol. The summed E-state index contributed by atoms with van der Waals surface area (Å²) in [5, 5.41) is 3.59. The first-order chi connectivity index (χ1) is 13.1. The number of rotatable bonds is 5. The van der Waals surface area contributed by atoms with Gasteiger partial charge < -0.3 is 10.3 Å². The zero-order valence-corrected chi connectivity index (χ0v) is 17.9. The molecule has 3 aromatic rings. The maximum absolute atomic E-state index is 12.5. The Kier molecular flexibility index (Phi) is 5.88. The molecule has 28 heavy (non-hydrogen) atoms. The van der Waals surface area contributed by atoms with Crippen molar-refractivity contribution in [1.82, 2.24) is 20.2 Å². The number of carbonyl (C=O) groups excluding carboxylic acids is 1. The highest BCUT2D eigenvalue weighted by Crippen LogP contribution is 2.31. The Morgan fingerprint density at radius 3 is 2.61 bits per heavy atom. The van der Waals surface area contributed by atoms with E-state index in [1.807, 2.05) is 63.1 Å². The molecule has 0 unspecified atom stereocenters. The van der Waals surface area contributed by atoms with Crippen LogP contribution in [0.15, 0.2) is 35.1 Å². The molecule has 0 atom stereocenters. The van der Waals surface area contributed by atoms with E-state index in [9.17, 15) is 9.59 Å². The lowest BCUT2D eigenvalue weighted by atomic mass is 10.1. The molecule has 1 aromatic carbocycles. The van der Waals surface area contributed by atoms with Crippen molar-refractivity contribution in [3.05, 3.63) is 51.5 Å². The van der Waals surface area contributed by atoms with Crippen molar-refractivity contribution < 1.29 is 4.79 Å². The number of amides is 1. The molecular weight excluding hydrogens is 396 g/mol. The highest BCUT2D eigenvalue weighted by molar-refractivity contribution is 7.22. The van der Waals surface area contributed by atoms with Crippen LogP contribution in [0.4, 0.5) is 0 Å². The first-order valence-corrected chi connectivity index (χ1v) is 10.1. The van der Waals surface area contributed by atoms with Gasteiger partial charge in [0, 0.05) is 15.4 Å². The number of aromatic nitrogens is 2. The quantitative estimate of drug-likeness (QED) is 0.662. The minimum absolute atomic E-state index is 0.0704. The second-order valence-corrected chi connectivity index (χ2v) is 9.30. The van der Waals surface area contributed by atoms with Crippen LogP contribution in [0.5, 0.6) is 0 Å². The number of aromatic amines is 1. The third kappa shape index (κ3) is 5.19. The molecule has 0 fully saturated rings. The fourth-order valence-electron chi connectivity index (χ4n) is 2.83. The van der Waals surface area contributed by atoms with Gasteiger partial charge in [-0.2, -0.15) is 0 Å². The van der Waals surface area contributed by atoms with Gasteiger partial charge >= 0.3 is 0 Å². The molecule has 0 aliphatic heterocycles. The molecule has 1 amide bonds. The lowest BCUT2D eigenvalue weighted by molar-refractivity contribution is -0.123. The van der Waals surface area contributed by atoms with Crippen molar-refractivity contribution in [1.29, 1.82) is 0 Å². The number of thiophene rings is 1. The molecule has 0 aliphatic carbocycles. The monoisotopic (exact) mass is 418 g/mol. The van der Waals surface area contributed by atoms with E-state index >= 15 is 0 Å². The average molecular weight is 419 g/mol. The normalized spacial score (nSPS) is 11.9. The second-order valence-electron chi connectivity index (χ2n) is 7.81. The van der Waals surface area contributed by atoms with Crippen LogP contribution in [-0.2, 0) is 11.3 Å². The zero-order chi connectivity index (χ0) is 20.5. The van der Waals surface area contributed by atoms with Gasteiger partial charge in [0.1, 0.15) is 10.5 Å². The maximum atomic E-state index is 12.5. The smallest absolute Gasteiger partial charge is 0.268 e. The molecule has 2 heterocycles. The van der Waals surface area contributed by atoms with Gasteiger partial charge in [-0.05, 0) is 51.6 Å². The summed E-state index contributed by atoms with van der Waals surface area (Å²) in [6.07, 6.45) is 0. The summed E-state index contributed by atoms with van der Waals surface area (Å²) in [4.78, 5) is 34.7. The molecule has 0 aliphatic rings. The molecule has 2 aromatic heterocycles. The standard InChI is InChI=1S/C20H23ClN4O2S/c1-20(2,3)24-17(26)11-25(4)10-16-22-14-9-15(28-18(14)19(27)23-16)12-5-7-13(21)8-6-12/h5-9H,10-11H2,1-4H3,(H,24,26)(H,22,23,27). The third-order valence-electron chi connectivity index (χ3n) is 3.91. The summed E-state index contributed by atoms with van der Waals surface area (Å²) in [7, 11) is 1.82. The predicted octanol–water partition coefficient (Wildman–Crippen LogP) is 3.65. The summed E-state index contributed by atoms with van der Waals surface area (Å²) >= 11 is 7.35. The fraction of sp³-hybridized carbons (Fsp3) is 0.350. The van der Waals surface area contributed by atoms with Crippen molar-refractivity contribution >= 4 is 39.1 Å². The van der Waals surface area contributed by atoms with Gasteiger partial charge in [-0.1, -0.05) is 23.7 Å². The molecule has 148 valence electrons. The van der Waals surface area contributed by atoms with Gasteiger partial charge in [0.2, 0.25) is 5.91 Å². The maximum Gasteiger partial charge on any atom is 0.268 e. The van der Waals surface area contributed by atoms with Gasteiger partial charge in [-0.3, -0.25) is 14.5 Å². The van der Waals surface area contributed by atoms with Crippen LogP contribution in [0, 0.1) is 0 Å². The highest BCUT2D eigenvalue weighted by atomic mass is 35.5. The van der Waals surface area contributed by atoms with E-state index in [0.717, 1.165) is 10.4 Å². The first-order valence-electron chi connectivity index (χ1n) is 8.89. The Hall–Kier alpha value is -2.22. The van der Waals surface area contributed by atoms with Crippen molar-refractivity contribution in [3.63, 3.8) is 0 Å². The Morgan fingerprint density at radius 1 is 1.29 bits per heavy atom. The van der Waals surface area contributed by atoms with Crippen LogP contribution in [0.1, 0.15) is 26.6 Å². The van der Waals surface area contributed by atoms with Crippen LogP contribution in [0.2, 0.25) is 5.02 Å². The van der Waals surface area contributed by atoms with Gasteiger partial charge in [-0.25, -0.2) is 4.98 Å². The number of hydrogen-bond acceptors (Lipinski definition) is 5. The number of benzene rings is 1. The van der Waals surface area contributed by atoms with Crippen molar-refractivity contribution in [3.8, 4) is 10.4 Å². The minimum Gasteiger partial charge on any atom is -0.350 e. The van der Waals surface area contributed by atoms with E-state index in [2.05, 4.69) is 15.3 Å². The van der Waals surface area contributed by atoms with Crippen molar-refractivity contribution in [2.24, 2.45) is 0 Å². The molecule has 3 rings (SSSR count). The molecule has 0 radical (unpaired) electrons. The Balaban J connectivity index is 1.79. The summed E-state index contributed by atoms with van der Waals surface area (Å²) in [6, 6.07) is 9.39. The lowest BCUT2D eigenvalue weighted by Crippen LogP contribution is -2.45. The molecule has 0 saturated heterocycles. The number of likely N-dealkylation sites (N-methyl/N-ethyl adjacent to an activating group) is 1. The van der Waals surface area contributed by atoms with E-state index in [1.165, 1.54) is 11.3 Å².